The van der Waals surface area contributed by atoms with Crippen LogP contribution in [0.2, 0.25) is 5.02 Å². The van der Waals surface area contributed by atoms with Gasteiger partial charge in [0.15, 0.2) is 0 Å². The summed E-state index contributed by atoms with van der Waals surface area (Å²) in [6, 6.07) is 8.23. The second-order valence-electron chi connectivity index (χ2n) is 5.09. The first-order valence-electron chi connectivity index (χ1n) is 7.32. The first-order valence-corrected chi connectivity index (χ1v) is 7.69. The van der Waals surface area contributed by atoms with Gasteiger partial charge in [0.2, 0.25) is 0 Å². The molecule has 0 fully saturated rings. The maximum Gasteiger partial charge on any atom is 0.327 e. The Balaban J connectivity index is 1.61. The van der Waals surface area contributed by atoms with Crippen LogP contribution in [-0.2, 0) is 0 Å². The minimum Gasteiger partial charge on any atom is -0.492 e. The molecule has 9 heteroatoms. The van der Waals surface area contributed by atoms with Crippen LogP contribution in [0.1, 0.15) is 10.4 Å². The Bertz CT molecular complexity index is 1030. The second-order valence-corrected chi connectivity index (χ2v) is 5.52. The van der Waals surface area contributed by atoms with Crippen LogP contribution in [-0.4, -0.2) is 34.0 Å². The van der Waals surface area contributed by atoms with E-state index in [4.69, 9.17) is 16.3 Å². The Kier molecular flexibility index (Phi) is 4.80. The molecule has 3 aromatic rings. The Morgan fingerprint density at radius 2 is 1.96 bits per heavy atom. The molecule has 0 saturated heterocycles. The molecule has 1 amide bonds. The smallest absolute Gasteiger partial charge is 0.327 e. The second kappa shape index (κ2) is 7.18. The third-order valence-electron chi connectivity index (χ3n) is 3.32. The molecule has 128 valence electrons. The molecule has 2 aromatic heterocycles. The van der Waals surface area contributed by atoms with Gasteiger partial charge in [0.25, 0.3) is 11.5 Å². The van der Waals surface area contributed by atoms with Gasteiger partial charge in [-0.25, -0.2) is 9.78 Å². The highest BCUT2D eigenvalue weighted by molar-refractivity contribution is 6.30. The lowest BCUT2D eigenvalue weighted by Crippen LogP contribution is -2.29. The van der Waals surface area contributed by atoms with Crippen molar-refractivity contribution in [2.75, 3.05) is 13.2 Å². The lowest BCUT2D eigenvalue weighted by molar-refractivity contribution is 0.0947. The highest BCUT2D eigenvalue weighted by atomic mass is 35.5. The third-order valence-corrected chi connectivity index (χ3v) is 3.58. The topological polar surface area (TPSA) is 117 Å². The monoisotopic (exact) mass is 360 g/mol. The van der Waals surface area contributed by atoms with E-state index in [2.05, 4.69) is 20.3 Å². The summed E-state index contributed by atoms with van der Waals surface area (Å²) in [6.45, 7) is 0.532. The summed E-state index contributed by atoms with van der Waals surface area (Å²) in [5.74, 6) is 0.237. The summed E-state index contributed by atoms with van der Waals surface area (Å²) < 4.78 is 5.47. The number of nitrogens with one attached hydrogen (secondary N) is 3. The standard InChI is InChI=1S/C16H13ClN4O4/c17-10-1-3-11(4-2-10)25-6-5-18-14(22)9-7-12-13(19-8-9)20-16(24)21-15(12)23/h1-4,7-8H,5-6H2,(H,18,22)(H2,19,20,21,23,24). The van der Waals surface area contributed by atoms with E-state index in [9.17, 15) is 14.4 Å². The largest absolute Gasteiger partial charge is 0.492 e. The van der Waals surface area contributed by atoms with E-state index in [0.717, 1.165) is 0 Å². The molecule has 0 aliphatic carbocycles. The molecule has 0 radical (unpaired) electrons. The van der Waals surface area contributed by atoms with Gasteiger partial charge in [-0.3, -0.25) is 19.6 Å². The number of aromatic nitrogens is 3. The number of carbonyl (C=O) groups is 1. The maximum absolute atomic E-state index is 12.1. The number of pyridine rings is 1. The van der Waals surface area contributed by atoms with Gasteiger partial charge in [-0.15, -0.1) is 0 Å². The number of nitrogens with zero attached hydrogens (tertiary/aromatic N) is 1. The van der Waals surface area contributed by atoms with Crippen LogP contribution >= 0.6 is 11.6 Å². The molecule has 0 saturated carbocycles. The van der Waals surface area contributed by atoms with Crippen molar-refractivity contribution in [3.8, 4) is 5.75 Å². The number of halogens is 1. The van der Waals surface area contributed by atoms with Crippen LogP contribution in [0.3, 0.4) is 0 Å². The SMILES string of the molecule is O=C(NCCOc1ccc(Cl)cc1)c1cnc2[nH]c(=O)[nH]c(=O)c2c1. The third kappa shape index (κ3) is 4.04. The fraction of sp³-hybridized carbons (Fsp3) is 0.125. The molecule has 25 heavy (non-hydrogen) atoms. The number of hydrogen-bond donors (Lipinski definition) is 3. The zero-order valence-corrected chi connectivity index (χ0v) is 13.6. The van der Waals surface area contributed by atoms with Gasteiger partial charge in [0, 0.05) is 11.2 Å². The van der Waals surface area contributed by atoms with Crippen molar-refractivity contribution >= 4 is 28.5 Å². The summed E-state index contributed by atoms with van der Waals surface area (Å²) in [5, 5.41) is 3.40. The number of hydrogen-bond acceptors (Lipinski definition) is 5. The molecular formula is C16H13ClN4O4. The summed E-state index contributed by atoms with van der Waals surface area (Å²) in [7, 11) is 0. The van der Waals surface area contributed by atoms with Crippen molar-refractivity contribution in [3.63, 3.8) is 0 Å². The van der Waals surface area contributed by atoms with Crippen LogP contribution < -0.4 is 21.3 Å². The van der Waals surface area contributed by atoms with Crippen molar-refractivity contribution in [2.45, 2.75) is 0 Å². The molecule has 3 rings (SSSR count). The number of benzene rings is 1. The first-order chi connectivity index (χ1) is 12.0. The van der Waals surface area contributed by atoms with Gasteiger partial charge >= 0.3 is 5.69 Å². The highest BCUT2D eigenvalue weighted by Gasteiger charge is 2.09. The number of amides is 1. The normalized spacial score (nSPS) is 10.6. The average molecular weight is 361 g/mol. The average Bonchev–Trinajstić information content (AvgIpc) is 2.59. The van der Waals surface area contributed by atoms with E-state index in [-0.39, 0.29) is 29.7 Å². The van der Waals surface area contributed by atoms with E-state index >= 15 is 0 Å². The van der Waals surface area contributed by atoms with Gasteiger partial charge in [-0.2, -0.15) is 0 Å². The van der Waals surface area contributed by atoms with Crippen molar-refractivity contribution in [1.29, 1.82) is 0 Å². The number of rotatable bonds is 5. The van der Waals surface area contributed by atoms with Gasteiger partial charge in [0.1, 0.15) is 18.0 Å². The zero-order valence-electron chi connectivity index (χ0n) is 12.8. The molecule has 0 aliphatic rings. The maximum atomic E-state index is 12.1. The summed E-state index contributed by atoms with van der Waals surface area (Å²) in [5.41, 5.74) is -0.929. The quantitative estimate of drug-likeness (QED) is 0.588. The molecule has 0 spiro atoms. The molecule has 0 bridgehead atoms. The molecule has 0 aliphatic heterocycles. The van der Waals surface area contributed by atoms with Crippen molar-refractivity contribution in [2.24, 2.45) is 0 Å². The van der Waals surface area contributed by atoms with Crippen LogP contribution in [0.4, 0.5) is 0 Å². The first kappa shape index (κ1) is 16.7. The fourth-order valence-electron chi connectivity index (χ4n) is 2.14. The molecule has 0 atom stereocenters. The van der Waals surface area contributed by atoms with Crippen molar-refractivity contribution in [1.82, 2.24) is 20.3 Å². The van der Waals surface area contributed by atoms with Crippen LogP contribution in [0, 0.1) is 0 Å². The number of ether oxygens (including phenoxy) is 1. The minimum absolute atomic E-state index is 0.122. The number of carbonyl (C=O) groups excluding carboxylic acids is 1. The van der Waals surface area contributed by atoms with Gasteiger partial charge in [-0.1, -0.05) is 11.6 Å². The number of H-pyrrole nitrogens is 2. The number of aromatic amines is 2. The molecule has 1 aromatic carbocycles. The summed E-state index contributed by atoms with van der Waals surface area (Å²) in [4.78, 5) is 43.4. The lowest BCUT2D eigenvalue weighted by Gasteiger charge is -2.08. The van der Waals surface area contributed by atoms with E-state index < -0.39 is 17.2 Å². The minimum atomic E-state index is -0.651. The predicted octanol–water partition coefficient (Wildman–Crippen LogP) is 1.07. The molecule has 2 heterocycles. The molecule has 8 nitrogen and oxygen atoms in total. The number of fused-ring (bicyclic) bond motifs is 1. The Labute approximate surface area is 145 Å². The summed E-state index contributed by atoms with van der Waals surface area (Å²) in [6.07, 6.45) is 1.28. The Morgan fingerprint density at radius 3 is 2.72 bits per heavy atom. The molecule has 0 unspecified atom stereocenters. The van der Waals surface area contributed by atoms with Gasteiger partial charge in [0.05, 0.1) is 17.5 Å². The zero-order chi connectivity index (χ0) is 17.8. The van der Waals surface area contributed by atoms with Crippen LogP contribution in [0.25, 0.3) is 11.0 Å². The van der Waals surface area contributed by atoms with Crippen LogP contribution in [0.5, 0.6) is 5.75 Å². The van der Waals surface area contributed by atoms with E-state index in [1.807, 2.05) is 0 Å². The van der Waals surface area contributed by atoms with E-state index in [0.29, 0.717) is 10.8 Å². The van der Waals surface area contributed by atoms with Crippen LogP contribution in [0.15, 0.2) is 46.1 Å². The fourth-order valence-corrected chi connectivity index (χ4v) is 2.26. The van der Waals surface area contributed by atoms with Gasteiger partial charge < -0.3 is 10.1 Å². The predicted molar refractivity (Wildman–Crippen MR) is 92.3 cm³/mol. The lowest BCUT2D eigenvalue weighted by atomic mass is 10.2. The highest BCUT2D eigenvalue weighted by Crippen LogP contribution is 2.15. The Hall–Kier alpha value is -3.13. The molecular weight excluding hydrogens is 348 g/mol. The van der Waals surface area contributed by atoms with Crippen molar-refractivity contribution < 1.29 is 9.53 Å². The summed E-state index contributed by atoms with van der Waals surface area (Å²) >= 11 is 5.78. The van der Waals surface area contributed by atoms with E-state index in [1.165, 1.54) is 12.3 Å². The Morgan fingerprint density at radius 1 is 1.20 bits per heavy atom. The van der Waals surface area contributed by atoms with Crippen molar-refractivity contribution in [3.05, 3.63) is 68.0 Å². The molecule has 3 N–H and O–H groups in total. The van der Waals surface area contributed by atoms with E-state index in [1.54, 1.807) is 24.3 Å². The van der Waals surface area contributed by atoms with Gasteiger partial charge in [-0.05, 0) is 30.3 Å².